The highest BCUT2D eigenvalue weighted by atomic mass is 79.9. The summed E-state index contributed by atoms with van der Waals surface area (Å²) in [7, 11) is 0. The number of hydrogen-bond acceptors (Lipinski definition) is 1. The molecule has 1 atom stereocenters. The minimum Gasteiger partial charge on any atom is -0.294 e. The third kappa shape index (κ3) is 1.99. The summed E-state index contributed by atoms with van der Waals surface area (Å²) < 4.78 is 0.832. The topological polar surface area (TPSA) is 17.1 Å². The number of carbonyl (C=O) groups is 1. The summed E-state index contributed by atoms with van der Waals surface area (Å²) in [6.45, 7) is 7.68. The zero-order valence-electron chi connectivity index (χ0n) is 7.93. The molecule has 0 N–H and O–H groups in total. The van der Waals surface area contributed by atoms with Crippen LogP contribution in [0.4, 0.5) is 0 Å². The molecule has 70 valence electrons. The van der Waals surface area contributed by atoms with Gasteiger partial charge in [-0.1, -0.05) is 41.6 Å². The number of Topliss-reactive ketones (excluding diaryl/α,β-unsaturated/α-hetero) is 1. The van der Waals surface area contributed by atoms with Crippen molar-refractivity contribution in [3.8, 4) is 0 Å². The Hall–Kier alpha value is -0.630. The standard InChI is InChI=1S/C11H13BrO/c1-4-5-9-10(8(3)12)6-7(2)11(9)13/h4-5,7H,3,6H2,1-2H3/b5-4+. The first kappa shape index (κ1) is 10.5. The van der Waals surface area contributed by atoms with Crippen LogP contribution in [0.1, 0.15) is 20.3 Å². The zero-order valence-corrected chi connectivity index (χ0v) is 9.52. The van der Waals surface area contributed by atoms with Gasteiger partial charge in [0.1, 0.15) is 0 Å². The molecule has 0 fully saturated rings. The molecule has 1 aliphatic rings. The van der Waals surface area contributed by atoms with E-state index in [1.807, 2.05) is 26.0 Å². The van der Waals surface area contributed by atoms with Gasteiger partial charge in [-0.25, -0.2) is 0 Å². The Kier molecular flexibility index (Phi) is 3.26. The average molecular weight is 241 g/mol. The molecule has 1 rings (SSSR count). The summed E-state index contributed by atoms with van der Waals surface area (Å²) in [4.78, 5) is 11.6. The molecule has 0 bridgehead atoms. The fourth-order valence-electron chi connectivity index (χ4n) is 1.53. The Morgan fingerprint density at radius 2 is 2.31 bits per heavy atom. The minimum absolute atomic E-state index is 0.107. The average Bonchev–Trinajstić information content (AvgIpc) is 2.33. The normalized spacial score (nSPS) is 23.3. The second-order valence-electron chi connectivity index (χ2n) is 3.27. The van der Waals surface area contributed by atoms with E-state index in [2.05, 4.69) is 22.5 Å². The second kappa shape index (κ2) is 4.05. The van der Waals surface area contributed by atoms with Gasteiger partial charge in [-0.15, -0.1) is 0 Å². The number of allylic oxidation sites excluding steroid dienone is 5. The van der Waals surface area contributed by atoms with Gasteiger partial charge in [-0.2, -0.15) is 0 Å². The molecule has 1 unspecified atom stereocenters. The summed E-state index contributed by atoms with van der Waals surface area (Å²) in [6, 6.07) is 0. The van der Waals surface area contributed by atoms with Crippen molar-refractivity contribution in [2.75, 3.05) is 0 Å². The van der Waals surface area contributed by atoms with Crippen molar-refractivity contribution in [3.63, 3.8) is 0 Å². The van der Waals surface area contributed by atoms with Gasteiger partial charge >= 0.3 is 0 Å². The van der Waals surface area contributed by atoms with Crippen LogP contribution >= 0.6 is 15.9 Å². The molecule has 0 aromatic carbocycles. The fourth-order valence-corrected chi connectivity index (χ4v) is 1.90. The van der Waals surface area contributed by atoms with E-state index in [1.54, 1.807) is 0 Å². The van der Waals surface area contributed by atoms with Crippen LogP contribution in [0.3, 0.4) is 0 Å². The van der Waals surface area contributed by atoms with Gasteiger partial charge in [0.05, 0.1) is 0 Å². The van der Waals surface area contributed by atoms with E-state index in [1.165, 1.54) is 0 Å². The van der Waals surface area contributed by atoms with E-state index in [4.69, 9.17) is 0 Å². The summed E-state index contributed by atoms with van der Waals surface area (Å²) >= 11 is 3.33. The molecule has 1 nitrogen and oxygen atoms in total. The summed E-state index contributed by atoms with van der Waals surface area (Å²) in [5, 5.41) is 0. The van der Waals surface area contributed by atoms with Crippen LogP contribution in [0.25, 0.3) is 0 Å². The lowest BCUT2D eigenvalue weighted by atomic mass is 10.1. The highest BCUT2D eigenvalue weighted by Crippen LogP contribution is 2.35. The second-order valence-corrected chi connectivity index (χ2v) is 4.22. The Bertz CT molecular complexity index is 310. The molecule has 0 saturated heterocycles. The van der Waals surface area contributed by atoms with Gasteiger partial charge in [0.15, 0.2) is 5.78 Å². The molecule has 0 heterocycles. The van der Waals surface area contributed by atoms with E-state index in [0.29, 0.717) is 0 Å². The first-order valence-electron chi connectivity index (χ1n) is 4.32. The van der Waals surface area contributed by atoms with Crippen molar-refractivity contribution < 1.29 is 4.79 Å². The van der Waals surface area contributed by atoms with Crippen molar-refractivity contribution in [1.82, 2.24) is 0 Å². The van der Waals surface area contributed by atoms with E-state index >= 15 is 0 Å². The molecule has 0 aromatic heterocycles. The van der Waals surface area contributed by atoms with Crippen LogP contribution in [-0.4, -0.2) is 5.78 Å². The van der Waals surface area contributed by atoms with Crippen molar-refractivity contribution in [2.24, 2.45) is 5.92 Å². The largest absolute Gasteiger partial charge is 0.294 e. The molecule has 0 amide bonds. The maximum Gasteiger partial charge on any atom is 0.166 e. The van der Waals surface area contributed by atoms with Gasteiger partial charge in [-0.05, 0) is 18.9 Å². The van der Waals surface area contributed by atoms with Gasteiger partial charge < -0.3 is 0 Å². The smallest absolute Gasteiger partial charge is 0.166 e. The first-order valence-corrected chi connectivity index (χ1v) is 5.12. The summed E-state index contributed by atoms with van der Waals surface area (Å²) in [6.07, 6.45) is 4.57. The molecule has 0 aliphatic heterocycles. The van der Waals surface area contributed by atoms with Crippen LogP contribution in [0.15, 0.2) is 34.4 Å². The lowest BCUT2D eigenvalue weighted by molar-refractivity contribution is -0.117. The number of ketones is 1. The lowest BCUT2D eigenvalue weighted by Gasteiger charge is -1.98. The molecule has 0 saturated carbocycles. The molecule has 2 heteroatoms. The Balaban J connectivity index is 3.10. The first-order chi connectivity index (χ1) is 6.07. The SMILES string of the molecule is C=C(Br)C1=C(/C=C/C)C(=O)C(C)C1. The van der Waals surface area contributed by atoms with E-state index in [-0.39, 0.29) is 11.7 Å². The quantitative estimate of drug-likeness (QED) is 0.724. The molecular formula is C11H13BrO. The maximum atomic E-state index is 11.6. The monoisotopic (exact) mass is 240 g/mol. The molecule has 0 aromatic rings. The number of rotatable bonds is 2. The predicted molar refractivity (Wildman–Crippen MR) is 58.7 cm³/mol. The molecule has 13 heavy (non-hydrogen) atoms. The van der Waals surface area contributed by atoms with Crippen molar-refractivity contribution >= 4 is 21.7 Å². The number of carbonyl (C=O) groups excluding carboxylic acids is 1. The van der Waals surface area contributed by atoms with Crippen LogP contribution in [0.2, 0.25) is 0 Å². The van der Waals surface area contributed by atoms with Crippen LogP contribution < -0.4 is 0 Å². The van der Waals surface area contributed by atoms with Gasteiger partial charge in [-0.3, -0.25) is 4.79 Å². The third-order valence-corrected chi connectivity index (χ3v) is 2.69. The van der Waals surface area contributed by atoms with E-state index < -0.39 is 0 Å². The van der Waals surface area contributed by atoms with Gasteiger partial charge in [0.2, 0.25) is 0 Å². The van der Waals surface area contributed by atoms with Crippen molar-refractivity contribution in [2.45, 2.75) is 20.3 Å². The third-order valence-electron chi connectivity index (χ3n) is 2.21. The van der Waals surface area contributed by atoms with Crippen LogP contribution in [-0.2, 0) is 4.79 Å². The Morgan fingerprint density at radius 3 is 2.77 bits per heavy atom. The lowest BCUT2D eigenvalue weighted by Crippen LogP contribution is -2.04. The summed E-state index contributed by atoms with van der Waals surface area (Å²) in [5.74, 6) is 0.337. The zero-order chi connectivity index (χ0) is 10.0. The van der Waals surface area contributed by atoms with Crippen LogP contribution in [0.5, 0.6) is 0 Å². The van der Waals surface area contributed by atoms with Crippen molar-refractivity contribution in [3.05, 3.63) is 34.4 Å². The minimum atomic E-state index is 0.107. The summed E-state index contributed by atoms with van der Waals surface area (Å²) in [5.41, 5.74) is 1.87. The molecule has 1 aliphatic carbocycles. The Labute approximate surface area is 87.3 Å². The number of halogens is 1. The van der Waals surface area contributed by atoms with Crippen LogP contribution in [0, 0.1) is 5.92 Å². The van der Waals surface area contributed by atoms with Gasteiger partial charge in [0, 0.05) is 16.0 Å². The molecule has 0 radical (unpaired) electrons. The molecular weight excluding hydrogens is 228 g/mol. The Morgan fingerprint density at radius 1 is 1.69 bits per heavy atom. The van der Waals surface area contributed by atoms with Crippen molar-refractivity contribution in [1.29, 1.82) is 0 Å². The van der Waals surface area contributed by atoms with E-state index in [0.717, 1.165) is 22.0 Å². The predicted octanol–water partition coefficient (Wildman–Crippen LogP) is 3.38. The van der Waals surface area contributed by atoms with E-state index in [9.17, 15) is 4.79 Å². The number of hydrogen-bond donors (Lipinski definition) is 0. The highest BCUT2D eigenvalue weighted by molar-refractivity contribution is 9.11. The highest BCUT2D eigenvalue weighted by Gasteiger charge is 2.28. The molecule has 0 spiro atoms. The van der Waals surface area contributed by atoms with Gasteiger partial charge in [0.25, 0.3) is 0 Å². The maximum absolute atomic E-state index is 11.6. The fraction of sp³-hybridized carbons (Fsp3) is 0.364.